The summed E-state index contributed by atoms with van der Waals surface area (Å²) in [5.74, 6) is 0.433. The van der Waals surface area contributed by atoms with E-state index < -0.39 is 15.6 Å². The predicted molar refractivity (Wildman–Crippen MR) is 66.4 cm³/mol. The van der Waals surface area contributed by atoms with E-state index in [1.807, 2.05) is 0 Å². The highest BCUT2D eigenvalue weighted by Gasteiger charge is 2.33. The number of nitrogens with one attached hydrogen (secondary N) is 2. The van der Waals surface area contributed by atoms with Crippen LogP contribution < -0.4 is 4.72 Å². The zero-order valence-corrected chi connectivity index (χ0v) is 11.2. The van der Waals surface area contributed by atoms with Crippen molar-refractivity contribution in [2.75, 3.05) is 6.54 Å². The van der Waals surface area contributed by atoms with Crippen LogP contribution in [0.3, 0.4) is 0 Å². The zero-order chi connectivity index (χ0) is 13.2. The van der Waals surface area contributed by atoms with Gasteiger partial charge in [-0.1, -0.05) is 19.8 Å². The third-order valence-corrected chi connectivity index (χ3v) is 4.81. The van der Waals surface area contributed by atoms with Gasteiger partial charge in [-0.05, 0) is 18.8 Å². The molecule has 1 fully saturated rings. The second kappa shape index (κ2) is 4.99. The molecule has 2 unspecified atom stereocenters. The first kappa shape index (κ1) is 13.5. The van der Waals surface area contributed by atoms with E-state index in [2.05, 4.69) is 21.8 Å². The van der Waals surface area contributed by atoms with E-state index >= 15 is 0 Å². The minimum atomic E-state index is -3.58. The van der Waals surface area contributed by atoms with Crippen LogP contribution in [0, 0.1) is 5.92 Å². The van der Waals surface area contributed by atoms with Gasteiger partial charge in [0.05, 0.1) is 11.8 Å². The molecular formula is C11H19N3O3S. The Morgan fingerprint density at radius 1 is 1.67 bits per heavy atom. The van der Waals surface area contributed by atoms with Gasteiger partial charge in [0.15, 0.2) is 0 Å². The molecule has 1 aromatic rings. The molecule has 102 valence electrons. The molecule has 0 saturated heterocycles. The van der Waals surface area contributed by atoms with Crippen molar-refractivity contribution in [3.8, 4) is 0 Å². The number of H-pyrrole nitrogens is 1. The quantitative estimate of drug-likeness (QED) is 0.750. The largest absolute Gasteiger partial charge is 0.389 e. The third-order valence-electron chi connectivity index (χ3n) is 3.44. The Bertz CT molecular complexity index is 486. The van der Waals surface area contributed by atoms with E-state index in [9.17, 15) is 13.5 Å². The molecule has 1 heterocycles. The number of nitrogens with zero attached hydrogens (tertiary/aromatic N) is 1. The van der Waals surface area contributed by atoms with Crippen molar-refractivity contribution in [3.63, 3.8) is 0 Å². The summed E-state index contributed by atoms with van der Waals surface area (Å²) in [6.07, 6.45) is 5.87. The minimum absolute atomic E-state index is 0.0604. The Hall–Kier alpha value is -0.920. The zero-order valence-electron chi connectivity index (χ0n) is 10.4. The van der Waals surface area contributed by atoms with Gasteiger partial charge in [-0.3, -0.25) is 5.10 Å². The van der Waals surface area contributed by atoms with Crippen LogP contribution in [0.4, 0.5) is 0 Å². The fourth-order valence-corrected chi connectivity index (χ4v) is 3.52. The fraction of sp³-hybridized carbons (Fsp3) is 0.727. The van der Waals surface area contributed by atoms with E-state index in [1.165, 1.54) is 12.4 Å². The average molecular weight is 273 g/mol. The third kappa shape index (κ3) is 3.09. The van der Waals surface area contributed by atoms with Crippen LogP contribution in [-0.2, 0) is 10.0 Å². The van der Waals surface area contributed by atoms with Gasteiger partial charge in [-0.15, -0.1) is 0 Å². The fourth-order valence-electron chi connectivity index (χ4n) is 2.49. The summed E-state index contributed by atoms with van der Waals surface area (Å²) in [5, 5.41) is 16.4. The molecule has 0 aromatic carbocycles. The second-order valence-electron chi connectivity index (χ2n) is 5.18. The number of hydrogen-bond acceptors (Lipinski definition) is 4. The van der Waals surface area contributed by atoms with E-state index in [4.69, 9.17) is 0 Å². The highest BCUT2D eigenvalue weighted by molar-refractivity contribution is 7.89. The van der Waals surface area contributed by atoms with Crippen molar-refractivity contribution >= 4 is 10.0 Å². The summed E-state index contributed by atoms with van der Waals surface area (Å²) in [4.78, 5) is 0.0926. The summed E-state index contributed by atoms with van der Waals surface area (Å²) >= 11 is 0. The molecule has 6 nitrogen and oxygen atoms in total. The minimum Gasteiger partial charge on any atom is -0.389 e. The maximum atomic E-state index is 11.9. The Morgan fingerprint density at radius 2 is 2.44 bits per heavy atom. The summed E-state index contributed by atoms with van der Waals surface area (Å²) < 4.78 is 26.2. The molecule has 3 N–H and O–H groups in total. The first-order valence-electron chi connectivity index (χ1n) is 6.12. The number of aliphatic hydroxyl groups is 1. The molecule has 0 bridgehead atoms. The van der Waals surface area contributed by atoms with Crippen LogP contribution in [0.15, 0.2) is 17.3 Å². The van der Waals surface area contributed by atoms with Crippen LogP contribution in [0.1, 0.15) is 32.6 Å². The van der Waals surface area contributed by atoms with E-state index in [0.29, 0.717) is 18.8 Å². The van der Waals surface area contributed by atoms with E-state index in [0.717, 1.165) is 12.8 Å². The van der Waals surface area contributed by atoms with Crippen molar-refractivity contribution in [2.24, 2.45) is 5.92 Å². The lowest BCUT2D eigenvalue weighted by atomic mass is 9.79. The van der Waals surface area contributed by atoms with Gasteiger partial charge in [-0.2, -0.15) is 5.10 Å². The van der Waals surface area contributed by atoms with Gasteiger partial charge >= 0.3 is 0 Å². The van der Waals surface area contributed by atoms with Gasteiger partial charge in [-0.25, -0.2) is 13.1 Å². The molecule has 7 heteroatoms. The lowest BCUT2D eigenvalue weighted by Gasteiger charge is -2.35. The Kier molecular flexibility index (Phi) is 3.74. The number of hydrogen-bond donors (Lipinski definition) is 3. The smallest absolute Gasteiger partial charge is 0.243 e. The van der Waals surface area contributed by atoms with Gasteiger partial charge < -0.3 is 5.11 Å². The van der Waals surface area contributed by atoms with E-state index in [-0.39, 0.29) is 11.4 Å². The standard InChI is InChI=1S/C11H19N3O3S/c1-9-3-2-4-11(15,5-9)8-14-18(16,17)10-6-12-13-7-10/h6-7,9,14-15H,2-5,8H2,1H3,(H,12,13). The van der Waals surface area contributed by atoms with Crippen molar-refractivity contribution in [2.45, 2.75) is 43.1 Å². The van der Waals surface area contributed by atoms with Crippen molar-refractivity contribution < 1.29 is 13.5 Å². The molecule has 0 spiro atoms. The van der Waals surface area contributed by atoms with Crippen molar-refractivity contribution in [1.82, 2.24) is 14.9 Å². The van der Waals surface area contributed by atoms with Crippen molar-refractivity contribution in [1.29, 1.82) is 0 Å². The number of rotatable bonds is 4. The molecular weight excluding hydrogens is 254 g/mol. The lowest BCUT2D eigenvalue weighted by Crippen LogP contribution is -2.45. The highest BCUT2D eigenvalue weighted by atomic mass is 32.2. The van der Waals surface area contributed by atoms with Gasteiger partial charge in [0, 0.05) is 12.7 Å². The monoisotopic (exact) mass is 273 g/mol. The summed E-state index contributed by atoms with van der Waals surface area (Å²) in [7, 11) is -3.58. The molecule has 0 aliphatic heterocycles. The Labute approximate surface area is 107 Å². The normalized spacial score (nSPS) is 29.3. The SMILES string of the molecule is CC1CCCC(O)(CNS(=O)(=O)c2cn[nH]c2)C1. The van der Waals surface area contributed by atoms with Gasteiger partial charge in [0.1, 0.15) is 4.90 Å². The highest BCUT2D eigenvalue weighted by Crippen LogP contribution is 2.31. The molecule has 1 aromatic heterocycles. The lowest BCUT2D eigenvalue weighted by molar-refractivity contribution is -0.00751. The molecule has 18 heavy (non-hydrogen) atoms. The van der Waals surface area contributed by atoms with Crippen LogP contribution in [0.5, 0.6) is 0 Å². The van der Waals surface area contributed by atoms with E-state index in [1.54, 1.807) is 0 Å². The molecule has 1 aliphatic carbocycles. The first-order chi connectivity index (χ1) is 8.41. The number of aromatic amines is 1. The molecule has 1 aliphatic rings. The number of sulfonamides is 1. The van der Waals surface area contributed by atoms with Crippen molar-refractivity contribution in [3.05, 3.63) is 12.4 Å². The molecule has 2 rings (SSSR count). The van der Waals surface area contributed by atoms with Gasteiger partial charge in [0.25, 0.3) is 0 Å². The maximum Gasteiger partial charge on any atom is 0.243 e. The Balaban J connectivity index is 1.99. The summed E-state index contributed by atoms with van der Waals surface area (Å²) in [6, 6.07) is 0. The van der Waals surface area contributed by atoms with Crippen LogP contribution in [0.25, 0.3) is 0 Å². The molecule has 2 atom stereocenters. The first-order valence-corrected chi connectivity index (χ1v) is 7.60. The second-order valence-corrected chi connectivity index (χ2v) is 6.95. The Morgan fingerprint density at radius 3 is 3.06 bits per heavy atom. The predicted octanol–water partition coefficient (Wildman–Crippen LogP) is 0.629. The molecule has 0 radical (unpaired) electrons. The number of aromatic nitrogens is 2. The van der Waals surface area contributed by atoms with Crippen LogP contribution >= 0.6 is 0 Å². The topological polar surface area (TPSA) is 95.1 Å². The molecule has 0 amide bonds. The summed E-state index contributed by atoms with van der Waals surface area (Å²) in [6.45, 7) is 2.14. The average Bonchev–Trinajstić information content (AvgIpc) is 2.80. The maximum absolute atomic E-state index is 11.9. The van der Waals surface area contributed by atoms with Crippen LogP contribution in [0.2, 0.25) is 0 Å². The summed E-state index contributed by atoms with van der Waals surface area (Å²) in [5.41, 5.74) is -0.922. The van der Waals surface area contributed by atoms with Crippen LogP contribution in [-0.4, -0.2) is 35.9 Å². The van der Waals surface area contributed by atoms with Gasteiger partial charge in [0.2, 0.25) is 10.0 Å². The molecule has 1 saturated carbocycles.